The predicted octanol–water partition coefficient (Wildman–Crippen LogP) is 12.9. The Kier molecular flexibility index (Phi) is 7.00. The lowest BCUT2D eigenvalue weighted by Gasteiger charge is -2.10. The number of aromatic nitrogens is 3. The van der Waals surface area contributed by atoms with Gasteiger partial charge in [-0.15, -0.1) is 11.3 Å². The van der Waals surface area contributed by atoms with E-state index in [0.29, 0.717) is 17.5 Å². The molecule has 0 aliphatic carbocycles. The van der Waals surface area contributed by atoms with Crippen molar-refractivity contribution in [3.05, 3.63) is 176 Å². The average Bonchev–Trinajstić information content (AvgIpc) is 3.60. The Morgan fingerprint density at radius 1 is 0.294 bits per heavy atom. The molecule has 0 saturated carbocycles. The van der Waals surface area contributed by atoms with Crippen molar-refractivity contribution < 1.29 is 0 Å². The van der Waals surface area contributed by atoms with Gasteiger partial charge in [0.1, 0.15) is 0 Å². The number of nitrogens with zero attached hydrogens (tertiary/aromatic N) is 3. The molecule has 0 saturated heterocycles. The first kappa shape index (κ1) is 29.4. The molecule has 2 aromatic heterocycles. The van der Waals surface area contributed by atoms with Crippen LogP contribution in [0.4, 0.5) is 0 Å². The van der Waals surface area contributed by atoms with Crippen molar-refractivity contribution >= 4 is 53.1 Å². The zero-order chi connectivity index (χ0) is 33.7. The van der Waals surface area contributed by atoms with E-state index in [-0.39, 0.29) is 0 Å². The summed E-state index contributed by atoms with van der Waals surface area (Å²) < 4.78 is 2.44. The van der Waals surface area contributed by atoms with Crippen LogP contribution in [0.2, 0.25) is 0 Å². The number of fused-ring (bicyclic) bond motifs is 6. The highest BCUT2D eigenvalue weighted by atomic mass is 32.1. The first-order valence-electron chi connectivity index (χ1n) is 17.1. The van der Waals surface area contributed by atoms with Crippen LogP contribution in [0.3, 0.4) is 0 Å². The highest BCUT2D eigenvalue weighted by molar-refractivity contribution is 7.27. The molecular formula is C47H29N3S. The van der Waals surface area contributed by atoms with Gasteiger partial charge in [-0.1, -0.05) is 158 Å². The van der Waals surface area contributed by atoms with E-state index in [4.69, 9.17) is 15.0 Å². The van der Waals surface area contributed by atoms with Gasteiger partial charge < -0.3 is 0 Å². The maximum Gasteiger partial charge on any atom is 0.165 e. The Labute approximate surface area is 299 Å². The highest BCUT2D eigenvalue weighted by Crippen LogP contribution is 2.45. The van der Waals surface area contributed by atoms with E-state index in [0.717, 1.165) is 22.3 Å². The van der Waals surface area contributed by atoms with E-state index >= 15 is 0 Å². The quantitative estimate of drug-likeness (QED) is 0.183. The fourth-order valence-electron chi connectivity index (χ4n) is 7.18. The Bertz CT molecular complexity index is 2900. The van der Waals surface area contributed by atoms with Gasteiger partial charge in [-0.2, -0.15) is 0 Å². The van der Waals surface area contributed by atoms with Crippen molar-refractivity contribution in [1.82, 2.24) is 15.0 Å². The van der Waals surface area contributed by atoms with E-state index < -0.39 is 0 Å². The van der Waals surface area contributed by atoms with Crippen LogP contribution >= 0.6 is 11.3 Å². The summed E-state index contributed by atoms with van der Waals surface area (Å²) in [7, 11) is 0. The Morgan fingerprint density at radius 3 is 1.59 bits per heavy atom. The number of rotatable bonds is 5. The van der Waals surface area contributed by atoms with E-state index in [1.165, 1.54) is 58.4 Å². The molecule has 0 amide bonds. The average molecular weight is 668 g/mol. The second-order valence-corrected chi connectivity index (χ2v) is 13.8. The molecule has 0 aliphatic heterocycles. The fraction of sp³-hybridized carbons (Fsp3) is 0. The molecule has 3 nitrogen and oxygen atoms in total. The largest absolute Gasteiger partial charge is 0.208 e. The van der Waals surface area contributed by atoms with Gasteiger partial charge in [-0.05, 0) is 56.6 Å². The maximum atomic E-state index is 5.16. The van der Waals surface area contributed by atoms with Crippen LogP contribution in [0.5, 0.6) is 0 Å². The van der Waals surface area contributed by atoms with Gasteiger partial charge in [0, 0.05) is 42.2 Å². The molecule has 0 fully saturated rings. The number of hydrogen-bond acceptors (Lipinski definition) is 4. The summed E-state index contributed by atoms with van der Waals surface area (Å²) in [6.45, 7) is 0. The lowest BCUT2D eigenvalue weighted by Crippen LogP contribution is -2.00. The van der Waals surface area contributed by atoms with Crippen LogP contribution in [0, 0.1) is 0 Å². The van der Waals surface area contributed by atoms with E-state index in [1.807, 2.05) is 35.6 Å². The van der Waals surface area contributed by atoms with Crippen LogP contribution in [0.15, 0.2) is 176 Å². The SMILES string of the molecule is c1ccc(-c2ccc(-c3nc(-c4ccccc4)nc(-c4cccc5c4sc4c6ccccc6c(-c6ccc7ccccc7c6)cc54)n3)cc2)cc1. The molecule has 238 valence electrons. The molecule has 0 spiro atoms. The molecule has 0 atom stereocenters. The minimum absolute atomic E-state index is 0.653. The molecule has 51 heavy (non-hydrogen) atoms. The minimum atomic E-state index is 0.653. The lowest BCUT2D eigenvalue weighted by atomic mass is 9.94. The smallest absolute Gasteiger partial charge is 0.165 e. The third-order valence-corrected chi connectivity index (χ3v) is 11.0. The van der Waals surface area contributed by atoms with Crippen molar-refractivity contribution in [1.29, 1.82) is 0 Å². The summed E-state index contributed by atoms with van der Waals surface area (Å²) in [5.74, 6) is 1.98. The summed E-state index contributed by atoms with van der Waals surface area (Å²) in [4.78, 5) is 15.3. The lowest BCUT2D eigenvalue weighted by molar-refractivity contribution is 1.08. The van der Waals surface area contributed by atoms with Crippen LogP contribution in [-0.4, -0.2) is 15.0 Å². The zero-order valence-corrected chi connectivity index (χ0v) is 28.3. The number of thiophene rings is 1. The molecule has 0 N–H and O–H groups in total. The topological polar surface area (TPSA) is 38.7 Å². The summed E-state index contributed by atoms with van der Waals surface area (Å²) in [6.07, 6.45) is 0. The van der Waals surface area contributed by atoms with E-state index in [1.54, 1.807) is 0 Å². The molecule has 10 rings (SSSR count). The molecule has 8 aromatic carbocycles. The number of benzene rings is 8. The van der Waals surface area contributed by atoms with E-state index in [9.17, 15) is 0 Å². The summed E-state index contributed by atoms with van der Waals surface area (Å²) >= 11 is 1.82. The van der Waals surface area contributed by atoms with Crippen molar-refractivity contribution in [2.45, 2.75) is 0 Å². The normalized spacial score (nSPS) is 11.5. The third kappa shape index (κ3) is 5.16. The molecule has 0 bridgehead atoms. The Hall–Kier alpha value is -6.49. The molecular weight excluding hydrogens is 639 g/mol. The van der Waals surface area contributed by atoms with Gasteiger partial charge in [-0.3, -0.25) is 0 Å². The van der Waals surface area contributed by atoms with Gasteiger partial charge in [0.2, 0.25) is 0 Å². The van der Waals surface area contributed by atoms with Crippen LogP contribution < -0.4 is 0 Å². The molecule has 0 aliphatic rings. The third-order valence-electron chi connectivity index (χ3n) is 9.72. The van der Waals surface area contributed by atoms with Crippen molar-refractivity contribution in [2.24, 2.45) is 0 Å². The monoisotopic (exact) mass is 667 g/mol. The van der Waals surface area contributed by atoms with Gasteiger partial charge in [0.05, 0.1) is 0 Å². The van der Waals surface area contributed by atoms with Crippen LogP contribution in [-0.2, 0) is 0 Å². The molecule has 10 aromatic rings. The molecule has 4 heteroatoms. The van der Waals surface area contributed by atoms with Crippen molar-refractivity contribution in [3.63, 3.8) is 0 Å². The Balaban J connectivity index is 1.17. The second kappa shape index (κ2) is 12.1. The summed E-state index contributed by atoms with van der Waals surface area (Å²) in [5.41, 5.74) is 7.70. The van der Waals surface area contributed by atoms with Gasteiger partial charge >= 0.3 is 0 Å². The van der Waals surface area contributed by atoms with E-state index in [2.05, 4.69) is 152 Å². The molecule has 0 radical (unpaired) electrons. The fourth-order valence-corrected chi connectivity index (χ4v) is 8.50. The predicted molar refractivity (Wildman–Crippen MR) is 215 cm³/mol. The Morgan fingerprint density at radius 2 is 0.824 bits per heavy atom. The van der Waals surface area contributed by atoms with Crippen molar-refractivity contribution in [2.75, 3.05) is 0 Å². The van der Waals surface area contributed by atoms with Crippen LogP contribution in [0.1, 0.15) is 0 Å². The summed E-state index contributed by atoms with van der Waals surface area (Å²) in [6, 6.07) is 62.1. The van der Waals surface area contributed by atoms with Crippen molar-refractivity contribution in [3.8, 4) is 56.4 Å². The molecule has 2 heterocycles. The zero-order valence-electron chi connectivity index (χ0n) is 27.5. The minimum Gasteiger partial charge on any atom is -0.208 e. The van der Waals surface area contributed by atoms with Crippen LogP contribution in [0.25, 0.3) is 98.1 Å². The first-order chi connectivity index (χ1) is 25.3. The van der Waals surface area contributed by atoms with Gasteiger partial charge in [0.15, 0.2) is 17.5 Å². The highest BCUT2D eigenvalue weighted by Gasteiger charge is 2.19. The summed E-state index contributed by atoms with van der Waals surface area (Å²) in [5, 5.41) is 7.44. The molecule has 0 unspecified atom stereocenters. The van der Waals surface area contributed by atoms with Gasteiger partial charge in [0.25, 0.3) is 0 Å². The van der Waals surface area contributed by atoms with Gasteiger partial charge in [-0.25, -0.2) is 15.0 Å². The first-order valence-corrected chi connectivity index (χ1v) is 17.9. The standard InChI is InChI=1S/C47H29N3S/c1-3-12-30(13-4-1)32-22-25-34(26-23-32)46-48-45(33-15-5-2-6-16-33)49-47(50-46)40-21-11-20-39-42-29-41(36-27-24-31-14-7-8-17-35(31)28-36)37-18-9-10-19-38(37)44(42)51-43(39)40/h1-29H. The second-order valence-electron chi connectivity index (χ2n) is 12.8. The number of hydrogen-bond donors (Lipinski definition) is 0. The maximum absolute atomic E-state index is 5.16.